The summed E-state index contributed by atoms with van der Waals surface area (Å²) < 4.78 is 7.16. The second kappa shape index (κ2) is 10.2. The van der Waals surface area contributed by atoms with E-state index in [0.717, 1.165) is 8.95 Å². The maximum atomic E-state index is 13.3. The number of Topliss-reactive ketones (excluding diaryl/α,β-unsaturated/α-hetero) is 1. The van der Waals surface area contributed by atoms with Gasteiger partial charge in [0.25, 0.3) is 11.8 Å². The fourth-order valence-electron chi connectivity index (χ4n) is 4.23. The lowest BCUT2D eigenvalue weighted by Gasteiger charge is -2.32. The number of hydrogen-bond donors (Lipinski definition) is 2. The largest absolute Gasteiger partial charge is 0.459 e. The molecule has 0 unspecified atom stereocenters. The summed E-state index contributed by atoms with van der Waals surface area (Å²) in [5.74, 6) is -4.73. The molecular formula is C24H24Br2N2O5. The van der Waals surface area contributed by atoms with Gasteiger partial charge in [0.15, 0.2) is 5.78 Å². The zero-order valence-electron chi connectivity index (χ0n) is 18.4. The van der Waals surface area contributed by atoms with E-state index in [1.54, 1.807) is 62.4 Å². The van der Waals surface area contributed by atoms with Crippen molar-refractivity contribution in [1.82, 2.24) is 10.9 Å². The van der Waals surface area contributed by atoms with Crippen molar-refractivity contribution in [2.45, 2.75) is 32.8 Å². The minimum Gasteiger partial charge on any atom is -0.459 e. The number of ketones is 1. The summed E-state index contributed by atoms with van der Waals surface area (Å²) in [6.45, 7) is 5.23. The molecule has 3 rings (SSSR count). The Labute approximate surface area is 208 Å². The van der Waals surface area contributed by atoms with Crippen LogP contribution >= 0.6 is 31.9 Å². The van der Waals surface area contributed by atoms with Crippen LogP contribution in [-0.4, -0.2) is 29.2 Å². The summed E-state index contributed by atoms with van der Waals surface area (Å²) in [6.07, 6.45) is 0.411. The molecule has 1 fully saturated rings. The van der Waals surface area contributed by atoms with Gasteiger partial charge in [-0.05, 0) is 56.7 Å². The molecule has 0 radical (unpaired) electrons. The number of nitrogens with one attached hydrogen (secondary N) is 2. The molecule has 174 valence electrons. The van der Waals surface area contributed by atoms with Gasteiger partial charge in [-0.15, -0.1) is 0 Å². The number of hydrazine groups is 1. The molecule has 0 bridgehead atoms. The first-order chi connectivity index (χ1) is 15.5. The summed E-state index contributed by atoms with van der Waals surface area (Å²) in [5, 5.41) is 0. The smallest absolute Gasteiger partial charge is 0.319 e. The lowest BCUT2D eigenvalue weighted by atomic mass is 9.70. The molecule has 2 aromatic rings. The van der Waals surface area contributed by atoms with E-state index in [0.29, 0.717) is 17.5 Å². The van der Waals surface area contributed by atoms with Gasteiger partial charge in [-0.25, -0.2) is 0 Å². The van der Waals surface area contributed by atoms with Crippen LogP contribution in [0.5, 0.6) is 0 Å². The number of halogens is 2. The van der Waals surface area contributed by atoms with Gasteiger partial charge in [-0.3, -0.25) is 30.0 Å². The van der Waals surface area contributed by atoms with Crippen LogP contribution in [0.25, 0.3) is 0 Å². The van der Waals surface area contributed by atoms with E-state index < -0.39 is 41.1 Å². The van der Waals surface area contributed by atoms with E-state index in [-0.39, 0.29) is 5.78 Å². The predicted molar refractivity (Wildman–Crippen MR) is 129 cm³/mol. The van der Waals surface area contributed by atoms with Crippen molar-refractivity contribution in [3.63, 3.8) is 0 Å². The third kappa shape index (κ3) is 5.52. The Hall–Kier alpha value is -2.52. The van der Waals surface area contributed by atoms with Gasteiger partial charge in [0.2, 0.25) is 0 Å². The Balaban J connectivity index is 1.81. The van der Waals surface area contributed by atoms with Crippen LogP contribution in [0.1, 0.15) is 47.9 Å². The number of rotatable bonds is 6. The number of ether oxygens (including phenoxy) is 1. The number of carbonyl (C=O) groups is 4. The monoisotopic (exact) mass is 578 g/mol. The molecule has 9 heteroatoms. The molecular weight excluding hydrogens is 556 g/mol. The van der Waals surface area contributed by atoms with Crippen LogP contribution in [0.4, 0.5) is 0 Å². The van der Waals surface area contributed by atoms with Gasteiger partial charge >= 0.3 is 5.97 Å². The minimum atomic E-state index is -1.24. The van der Waals surface area contributed by atoms with Crippen LogP contribution in [0.3, 0.4) is 0 Å². The number of hydrogen-bond acceptors (Lipinski definition) is 5. The van der Waals surface area contributed by atoms with E-state index in [1.165, 1.54) is 0 Å². The molecule has 1 saturated heterocycles. The fraction of sp³-hybridized carbons (Fsp3) is 0.333. The van der Waals surface area contributed by atoms with Crippen molar-refractivity contribution < 1.29 is 23.9 Å². The van der Waals surface area contributed by atoms with Gasteiger partial charge in [-0.2, -0.15) is 0 Å². The number of benzene rings is 2. The Kier molecular flexibility index (Phi) is 7.74. The van der Waals surface area contributed by atoms with Crippen LogP contribution in [0.2, 0.25) is 0 Å². The van der Waals surface area contributed by atoms with E-state index in [9.17, 15) is 19.2 Å². The summed E-state index contributed by atoms with van der Waals surface area (Å²) in [6, 6.07) is 13.5. The van der Waals surface area contributed by atoms with Gasteiger partial charge < -0.3 is 4.74 Å². The van der Waals surface area contributed by atoms with Gasteiger partial charge in [0.05, 0.1) is 0 Å². The molecule has 7 nitrogen and oxygen atoms in total. The molecule has 2 N–H and O–H groups in total. The van der Waals surface area contributed by atoms with Crippen molar-refractivity contribution in [1.29, 1.82) is 0 Å². The third-order valence-corrected chi connectivity index (χ3v) is 6.86. The first kappa shape index (κ1) is 25.1. The molecule has 1 aliphatic heterocycles. The molecule has 2 aromatic carbocycles. The summed E-state index contributed by atoms with van der Waals surface area (Å²) in [7, 11) is 0. The van der Waals surface area contributed by atoms with E-state index in [4.69, 9.17) is 4.74 Å². The standard InChI is InChI=1S/C24H24Br2N2O5/c1-4-17(20(29)13-5-9-15(25)10-6-13)19-18(23(32)33-24(19,2)3)22(31)28-27-21(30)14-7-11-16(26)12-8-14/h5-12,17-19H,4H2,1-3H3,(H,27,30)(H,28,31)/t17-,18-,19-/m0/s1. The van der Waals surface area contributed by atoms with Gasteiger partial charge in [0.1, 0.15) is 11.5 Å². The molecule has 33 heavy (non-hydrogen) atoms. The Morgan fingerprint density at radius 3 is 1.97 bits per heavy atom. The summed E-state index contributed by atoms with van der Waals surface area (Å²) in [5.41, 5.74) is 4.45. The topological polar surface area (TPSA) is 102 Å². The molecule has 1 aliphatic rings. The molecule has 0 aliphatic carbocycles. The van der Waals surface area contributed by atoms with Crippen molar-refractivity contribution in [2.75, 3.05) is 0 Å². The highest BCUT2D eigenvalue weighted by molar-refractivity contribution is 9.10. The van der Waals surface area contributed by atoms with Gasteiger partial charge in [-0.1, -0.05) is 50.9 Å². The van der Waals surface area contributed by atoms with Crippen LogP contribution in [-0.2, 0) is 14.3 Å². The van der Waals surface area contributed by atoms with Crippen LogP contribution < -0.4 is 10.9 Å². The zero-order valence-corrected chi connectivity index (χ0v) is 21.5. The molecule has 0 saturated carbocycles. The van der Waals surface area contributed by atoms with E-state index >= 15 is 0 Å². The first-order valence-corrected chi connectivity index (χ1v) is 12.0. The Morgan fingerprint density at radius 1 is 0.939 bits per heavy atom. The third-order valence-electron chi connectivity index (χ3n) is 5.81. The number of amides is 2. The lowest BCUT2D eigenvalue weighted by molar-refractivity contribution is -0.150. The second-order valence-electron chi connectivity index (χ2n) is 8.36. The quantitative estimate of drug-likeness (QED) is 0.228. The summed E-state index contributed by atoms with van der Waals surface area (Å²) >= 11 is 6.65. The maximum Gasteiger partial charge on any atom is 0.319 e. The summed E-state index contributed by atoms with van der Waals surface area (Å²) in [4.78, 5) is 51.4. The van der Waals surface area contributed by atoms with Crippen LogP contribution in [0, 0.1) is 17.8 Å². The highest BCUT2D eigenvalue weighted by Crippen LogP contribution is 2.44. The average Bonchev–Trinajstić information content (AvgIpc) is 3.01. The highest BCUT2D eigenvalue weighted by Gasteiger charge is 2.57. The highest BCUT2D eigenvalue weighted by atomic mass is 79.9. The number of cyclic esters (lactones) is 1. The Morgan fingerprint density at radius 2 is 1.45 bits per heavy atom. The van der Waals surface area contributed by atoms with Crippen LogP contribution in [0.15, 0.2) is 57.5 Å². The molecule has 2 amide bonds. The van der Waals surface area contributed by atoms with Crippen molar-refractivity contribution in [2.24, 2.45) is 17.8 Å². The van der Waals surface area contributed by atoms with Crippen molar-refractivity contribution >= 4 is 55.4 Å². The lowest BCUT2D eigenvalue weighted by Crippen LogP contribution is -2.49. The van der Waals surface area contributed by atoms with Gasteiger partial charge in [0, 0.05) is 31.9 Å². The van der Waals surface area contributed by atoms with E-state index in [1.807, 2.05) is 6.92 Å². The molecule has 1 heterocycles. The molecule has 0 aromatic heterocycles. The van der Waals surface area contributed by atoms with Crippen molar-refractivity contribution in [3.8, 4) is 0 Å². The first-order valence-electron chi connectivity index (χ1n) is 10.4. The normalized spacial score (nSPS) is 20.0. The predicted octanol–water partition coefficient (Wildman–Crippen LogP) is 4.45. The molecule has 0 spiro atoms. The SMILES string of the molecule is CC[C@H](C(=O)c1ccc(Br)cc1)[C@H]1[C@@H](C(=O)NNC(=O)c2ccc(Br)cc2)C(=O)OC1(C)C. The minimum absolute atomic E-state index is 0.168. The second-order valence-corrected chi connectivity index (χ2v) is 10.2. The van der Waals surface area contributed by atoms with E-state index in [2.05, 4.69) is 42.7 Å². The number of carbonyl (C=O) groups excluding carboxylic acids is 4. The van der Waals surface area contributed by atoms with Crippen molar-refractivity contribution in [3.05, 3.63) is 68.6 Å². The fourth-order valence-corrected chi connectivity index (χ4v) is 4.75. The maximum absolute atomic E-state index is 13.3. The zero-order chi connectivity index (χ0) is 24.3. The number of esters is 1. The molecule has 3 atom stereocenters. The average molecular weight is 580 g/mol. The Bertz CT molecular complexity index is 1070.